The monoisotopic (exact) mass is 433 g/mol. The van der Waals surface area contributed by atoms with Gasteiger partial charge in [0.2, 0.25) is 5.91 Å². The van der Waals surface area contributed by atoms with E-state index in [2.05, 4.69) is 47.5 Å². The minimum absolute atomic E-state index is 0.00602. The zero-order chi connectivity index (χ0) is 21.8. The van der Waals surface area contributed by atoms with Crippen LogP contribution in [0.2, 0.25) is 0 Å². The fourth-order valence-corrected chi connectivity index (χ4v) is 4.62. The van der Waals surface area contributed by atoms with Gasteiger partial charge in [0.15, 0.2) is 0 Å². The van der Waals surface area contributed by atoms with Gasteiger partial charge in [0, 0.05) is 36.5 Å². The van der Waals surface area contributed by atoms with E-state index >= 15 is 0 Å². The second kappa shape index (κ2) is 9.43. The Morgan fingerprint density at radius 3 is 2.65 bits per heavy atom. The van der Waals surface area contributed by atoms with Crippen LogP contribution in [0.4, 0.5) is 5.82 Å². The first-order valence-corrected chi connectivity index (χ1v) is 11.6. The molecule has 2 heterocycles. The highest BCUT2D eigenvalue weighted by Gasteiger charge is 2.25. The molecule has 5 nitrogen and oxygen atoms in total. The average Bonchev–Trinajstić information content (AvgIpc) is 3.22. The molecular formula is C25H27N3O2S. The summed E-state index contributed by atoms with van der Waals surface area (Å²) < 4.78 is 0. The molecule has 4 rings (SSSR count). The maximum atomic E-state index is 11.5. The minimum Gasteiger partial charge on any atom is -0.507 e. The number of benzene rings is 2. The average molecular weight is 434 g/mol. The Morgan fingerprint density at radius 2 is 1.94 bits per heavy atom. The first-order valence-electron chi connectivity index (χ1n) is 10.6. The van der Waals surface area contributed by atoms with Gasteiger partial charge >= 0.3 is 0 Å². The van der Waals surface area contributed by atoms with Gasteiger partial charge in [-0.3, -0.25) is 4.79 Å². The Hall–Kier alpha value is -2.99. The van der Waals surface area contributed by atoms with Crippen LogP contribution >= 0.6 is 11.8 Å². The molecule has 160 valence electrons. The largest absolute Gasteiger partial charge is 0.507 e. The van der Waals surface area contributed by atoms with Crippen LogP contribution < -0.4 is 10.2 Å². The van der Waals surface area contributed by atoms with Crippen LogP contribution in [0.5, 0.6) is 5.75 Å². The van der Waals surface area contributed by atoms with E-state index in [1.54, 1.807) is 13.0 Å². The highest BCUT2D eigenvalue weighted by Crippen LogP contribution is 2.34. The van der Waals surface area contributed by atoms with Gasteiger partial charge in [-0.15, -0.1) is 11.8 Å². The summed E-state index contributed by atoms with van der Waals surface area (Å²) in [5.41, 5.74) is 3.61. The summed E-state index contributed by atoms with van der Waals surface area (Å²) in [6, 6.07) is 20.1. The number of nitrogens with zero attached hydrogens (tertiary/aromatic N) is 2. The van der Waals surface area contributed by atoms with Gasteiger partial charge in [0.25, 0.3) is 0 Å². The lowest BCUT2D eigenvalue weighted by molar-refractivity contribution is -0.119. The number of para-hydroxylation sites is 1. The third-order valence-corrected chi connectivity index (χ3v) is 6.30. The van der Waals surface area contributed by atoms with Crippen LogP contribution in [0.25, 0.3) is 22.4 Å². The quantitative estimate of drug-likeness (QED) is 0.539. The van der Waals surface area contributed by atoms with Crippen molar-refractivity contribution >= 4 is 23.5 Å². The molecule has 1 atom stereocenters. The molecule has 0 spiro atoms. The summed E-state index contributed by atoms with van der Waals surface area (Å²) in [5, 5.41) is 13.4. The molecule has 0 saturated carbocycles. The number of phenolic OH excluding ortho intramolecular Hbond substituents is 1. The first-order chi connectivity index (χ1) is 15.0. The lowest BCUT2D eigenvalue weighted by Gasteiger charge is -2.20. The van der Waals surface area contributed by atoms with Crippen molar-refractivity contribution in [2.24, 2.45) is 0 Å². The molecule has 3 aromatic rings. The van der Waals surface area contributed by atoms with Crippen molar-refractivity contribution in [1.29, 1.82) is 0 Å². The van der Waals surface area contributed by atoms with Crippen LogP contribution in [-0.2, 0) is 4.79 Å². The predicted molar refractivity (Wildman–Crippen MR) is 128 cm³/mol. The number of phenols is 1. The Morgan fingerprint density at radius 1 is 1.16 bits per heavy atom. The summed E-state index contributed by atoms with van der Waals surface area (Å²) in [6.45, 7) is 5.25. The van der Waals surface area contributed by atoms with Gasteiger partial charge in [0.1, 0.15) is 11.6 Å². The molecule has 2 N–H and O–H groups in total. The molecule has 31 heavy (non-hydrogen) atoms. The number of pyridine rings is 1. The van der Waals surface area contributed by atoms with Crippen LogP contribution in [-0.4, -0.2) is 40.9 Å². The van der Waals surface area contributed by atoms with E-state index in [-0.39, 0.29) is 17.7 Å². The van der Waals surface area contributed by atoms with Gasteiger partial charge < -0.3 is 15.3 Å². The molecule has 1 aliphatic rings. The van der Waals surface area contributed by atoms with E-state index in [9.17, 15) is 9.90 Å². The highest BCUT2D eigenvalue weighted by molar-refractivity contribution is 7.99. The van der Waals surface area contributed by atoms with Crippen molar-refractivity contribution < 1.29 is 9.90 Å². The van der Waals surface area contributed by atoms with Crippen molar-refractivity contribution in [2.45, 2.75) is 31.2 Å². The Balaban J connectivity index is 1.73. The predicted octanol–water partition coefficient (Wildman–Crippen LogP) is 4.95. The molecule has 2 aromatic carbocycles. The van der Waals surface area contributed by atoms with Gasteiger partial charge in [-0.1, -0.05) is 31.2 Å². The molecule has 6 heteroatoms. The topological polar surface area (TPSA) is 65.5 Å². The Kier molecular flexibility index (Phi) is 6.47. The second-order valence-corrected chi connectivity index (χ2v) is 9.04. The molecule has 0 aliphatic carbocycles. The highest BCUT2D eigenvalue weighted by atomic mass is 32.2. The third kappa shape index (κ3) is 5.02. The normalized spacial score (nSPS) is 15.8. The van der Waals surface area contributed by atoms with Crippen LogP contribution in [0, 0.1) is 0 Å². The summed E-state index contributed by atoms with van der Waals surface area (Å²) >= 11 is 1.82. The standard InChI is InChI=1S/C25H27N3O2S/c1-3-31-21-10-8-18(9-11-21)19-14-23(22-6-4-5-7-24(22)30)27-25(15-19)28-13-12-20(16-28)26-17(2)29/h4-11,14-15,20,30H,3,12-13,16H2,1-2H3,(H,26,29). The van der Waals surface area contributed by atoms with Crippen molar-refractivity contribution in [3.63, 3.8) is 0 Å². The van der Waals surface area contributed by atoms with E-state index in [0.717, 1.165) is 47.9 Å². The number of aromatic nitrogens is 1. The van der Waals surface area contributed by atoms with E-state index in [4.69, 9.17) is 4.98 Å². The number of nitrogens with one attached hydrogen (secondary N) is 1. The van der Waals surface area contributed by atoms with Crippen molar-refractivity contribution in [1.82, 2.24) is 10.3 Å². The van der Waals surface area contributed by atoms with Crippen molar-refractivity contribution in [3.8, 4) is 28.1 Å². The summed E-state index contributed by atoms with van der Waals surface area (Å²) in [7, 11) is 0. The van der Waals surface area contributed by atoms with E-state index < -0.39 is 0 Å². The molecule has 0 radical (unpaired) electrons. The summed E-state index contributed by atoms with van der Waals surface area (Å²) in [6.07, 6.45) is 0.889. The third-order valence-electron chi connectivity index (χ3n) is 5.41. The molecule has 1 aromatic heterocycles. The molecule has 1 amide bonds. The number of carbonyl (C=O) groups excluding carboxylic acids is 1. The summed E-state index contributed by atoms with van der Waals surface area (Å²) in [5.74, 6) is 2.11. The zero-order valence-electron chi connectivity index (χ0n) is 17.8. The number of anilines is 1. The number of rotatable bonds is 6. The van der Waals surface area contributed by atoms with E-state index in [1.807, 2.05) is 36.0 Å². The number of carbonyl (C=O) groups is 1. The number of aromatic hydroxyl groups is 1. The van der Waals surface area contributed by atoms with Crippen LogP contribution in [0.3, 0.4) is 0 Å². The second-order valence-electron chi connectivity index (χ2n) is 7.71. The number of amides is 1. The number of thioether (sulfide) groups is 1. The van der Waals surface area contributed by atoms with Crippen LogP contribution in [0.15, 0.2) is 65.6 Å². The fraction of sp³-hybridized carbons (Fsp3) is 0.280. The lowest BCUT2D eigenvalue weighted by atomic mass is 10.0. The smallest absolute Gasteiger partial charge is 0.217 e. The van der Waals surface area contributed by atoms with Gasteiger partial charge in [0.05, 0.1) is 5.69 Å². The number of hydrogen-bond acceptors (Lipinski definition) is 5. The maximum absolute atomic E-state index is 11.5. The maximum Gasteiger partial charge on any atom is 0.217 e. The SMILES string of the molecule is CCSc1ccc(-c2cc(-c3ccccc3O)nc(N3CCC(NC(C)=O)C3)c2)cc1. The van der Waals surface area contributed by atoms with E-state index in [1.165, 1.54) is 4.90 Å². The Labute approximate surface area is 187 Å². The van der Waals surface area contributed by atoms with E-state index in [0.29, 0.717) is 5.56 Å². The molecule has 1 saturated heterocycles. The van der Waals surface area contributed by atoms with Crippen molar-refractivity contribution in [3.05, 3.63) is 60.7 Å². The molecule has 0 bridgehead atoms. The lowest BCUT2D eigenvalue weighted by Crippen LogP contribution is -2.35. The minimum atomic E-state index is -0.00602. The zero-order valence-corrected chi connectivity index (χ0v) is 18.7. The van der Waals surface area contributed by atoms with Gasteiger partial charge in [-0.05, 0) is 59.7 Å². The molecule has 1 unspecified atom stereocenters. The molecule has 1 fully saturated rings. The first kappa shape index (κ1) is 21.2. The Bertz CT molecular complexity index is 1070. The van der Waals surface area contributed by atoms with Crippen LogP contribution in [0.1, 0.15) is 20.3 Å². The summed E-state index contributed by atoms with van der Waals surface area (Å²) in [4.78, 5) is 19.8. The van der Waals surface area contributed by atoms with Crippen molar-refractivity contribution in [2.75, 3.05) is 23.7 Å². The van der Waals surface area contributed by atoms with Gasteiger partial charge in [-0.2, -0.15) is 0 Å². The molecular weight excluding hydrogens is 406 g/mol. The van der Waals surface area contributed by atoms with Gasteiger partial charge in [-0.25, -0.2) is 4.98 Å². The molecule has 1 aliphatic heterocycles. The fourth-order valence-electron chi connectivity index (χ4n) is 3.96. The number of hydrogen-bond donors (Lipinski definition) is 2.